The molecule has 0 spiro atoms. The van der Waals surface area contributed by atoms with Crippen LogP contribution in [0.3, 0.4) is 0 Å². The zero-order valence-electron chi connectivity index (χ0n) is 13.6. The van der Waals surface area contributed by atoms with E-state index in [0.29, 0.717) is 32.5 Å². The Morgan fingerprint density at radius 1 is 1.25 bits per heavy atom. The van der Waals surface area contributed by atoms with E-state index in [-0.39, 0.29) is 18.1 Å². The van der Waals surface area contributed by atoms with Crippen LogP contribution in [0.15, 0.2) is 24.3 Å². The maximum atomic E-state index is 12.1. The number of anilines is 1. The number of rotatable bonds is 5. The average Bonchev–Trinajstić information content (AvgIpc) is 2.95. The van der Waals surface area contributed by atoms with Gasteiger partial charge in [0.2, 0.25) is 0 Å². The molecule has 0 saturated carbocycles. The maximum absolute atomic E-state index is 12.1. The predicted octanol–water partition coefficient (Wildman–Crippen LogP) is 1.27. The number of nitrogens with zero attached hydrogens (tertiary/aromatic N) is 2. The van der Waals surface area contributed by atoms with Crippen molar-refractivity contribution in [3.8, 4) is 0 Å². The lowest BCUT2D eigenvalue weighted by Gasteiger charge is -2.31. The Morgan fingerprint density at radius 3 is 2.50 bits per heavy atom. The quantitative estimate of drug-likeness (QED) is 0.842. The zero-order chi connectivity index (χ0) is 17.1. The van der Waals surface area contributed by atoms with Crippen molar-refractivity contribution in [2.45, 2.75) is 25.5 Å². The lowest BCUT2D eigenvalue weighted by atomic mass is 9.97. The molecule has 0 aliphatic carbocycles. The molecule has 2 fully saturated rings. The van der Waals surface area contributed by atoms with E-state index in [2.05, 4.69) is 4.90 Å². The van der Waals surface area contributed by atoms with E-state index in [9.17, 15) is 9.59 Å². The van der Waals surface area contributed by atoms with Crippen molar-refractivity contribution in [1.82, 2.24) is 4.90 Å². The Hall–Kier alpha value is -2.12. The highest BCUT2D eigenvalue weighted by Crippen LogP contribution is 2.24. The first kappa shape index (κ1) is 16.7. The van der Waals surface area contributed by atoms with Gasteiger partial charge in [0.25, 0.3) is 0 Å². The fourth-order valence-corrected chi connectivity index (χ4v) is 3.29. The molecule has 3 N–H and O–H groups in total. The van der Waals surface area contributed by atoms with E-state index in [1.807, 2.05) is 24.3 Å². The second-order valence-electron chi connectivity index (χ2n) is 6.40. The molecule has 1 aromatic carbocycles. The molecule has 130 valence electrons. The first-order valence-electron chi connectivity index (χ1n) is 8.29. The molecule has 1 amide bonds. The van der Waals surface area contributed by atoms with Crippen LogP contribution in [0.4, 0.5) is 10.5 Å². The Morgan fingerprint density at radius 2 is 1.92 bits per heavy atom. The van der Waals surface area contributed by atoms with Crippen LogP contribution in [-0.4, -0.2) is 54.4 Å². The molecule has 0 unspecified atom stereocenters. The Labute approximate surface area is 141 Å². The molecule has 2 aliphatic rings. The number of likely N-dealkylation sites (tertiary alicyclic amines) is 1. The van der Waals surface area contributed by atoms with Gasteiger partial charge in [-0.1, -0.05) is 12.1 Å². The van der Waals surface area contributed by atoms with Gasteiger partial charge in [-0.2, -0.15) is 0 Å². The molecule has 1 atom stereocenters. The third kappa shape index (κ3) is 3.68. The first-order chi connectivity index (χ1) is 11.6. The van der Waals surface area contributed by atoms with E-state index in [0.717, 1.165) is 24.3 Å². The number of carboxylic acids is 1. The normalized spacial score (nSPS) is 22.6. The van der Waals surface area contributed by atoms with Crippen molar-refractivity contribution in [2.24, 2.45) is 11.7 Å². The molecule has 1 aromatic rings. The number of carboxylic acid groups (broad SMARTS) is 1. The molecule has 7 heteroatoms. The van der Waals surface area contributed by atoms with Crippen molar-refractivity contribution in [3.05, 3.63) is 29.8 Å². The Kier molecular flexibility index (Phi) is 5.01. The van der Waals surface area contributed by atoms with Gasteiger partial charge in [0.1, 0.15) is 6.10 Å². The number of cyclic esters (lactones) is 1. The van der Waals surface area contributed by atoms with Crippen LogP contribution in [0, 0.1) is 5.92 Å². The molecule has 7 nitrogen and oxygen atoms in total. The van der Waals surface area contributed by atoms with Gasteiger partial charge in [-0.15, -0.1) is 0 Å². The molecule has 0 bridgehead atoms. The van der Waals surface area contributed by atoms with E-state index in [4.69, 9.17) is 15.6 Å². The van der Waals surface area contributed by atoms with E-state index < -0.39 is 5.97 Å². The van der Waals surface area contributed by atoms with Crippen LogP contribution in [-0.2, 0) is 16.1 Å². The highest BCUT2D eigenvalue weighted by atomic mass is 16.6. The van der Waals surface area contributed by atoms with Crippen LogP contribution in [0.5, 0.6) is 0 Å². The minimum absolute atomic E-state index is 0.187. The summed E-state index contributed by atoms with van der Waals surface area (Å²) in [4.78, 5) is 26.9. The summed E-state index contributed by atoms with van der Waals surface area (Å²) in [5.41, 5.74) is 7.42. The number of carbonyl (C=O) groups is 2. The van der Waals surface area contributed by atoms with Crippen LogP contribution in [0.1, 0.15) is 18.4 Å². The SMILES string of the molecule is NCc1ccc(N2C[C@@H](CN3CCC(C(=O)O)CC3)OC2=O)cc1. The number of amides is 1. The summed E-state index contributed by atoms with van der Waals surface area (Å²) in [7, 11) is 0. The van der Waals surface area contributed by atoms with Crippen molar-refractivity contribution in [1.29, 1.82) is 0 Å². The summed E-state index contributed by atoms with van der Waals surface area (Å²) in [5.74, 6) is -0.959. The van der Waals surface area contributed by atoms with Gasteiger partial charge in [-0.05, 0) is 43.6 Å². The smallest absolute Gasteiger partial charge is 0.414 e. The topological polar surface area (TPSA) is 96.1 Å². The highest BCUT2D eigenvalue weighted by molar-refractivity contribution is 5.89. The number of aliphatic carboxylic acids is 1. The summed E-state index contributed by atoms with van der Waals surface area (Å²) in [6.07, 6.45) is 0.787. The largest absolute Gasteiger partial charge is 0.481 e. The van der Waals surface area contributed by atoms with Crippen molar-refractivity contribution >= 4 is 17.7 Å². The van der Waals surface area contributed by atoms with E-state index >= 15 is 0 Å². The van der Waals surface area contributed by atoms with E-state index in [1.54, 1.807) is 4.90 Å². The maximum Gasteiger partial charge on any atom is 0.414 e. The minimum Gasteiger partial charge on any atom is -0.481 e. The summed E-state index contributed by atoms with van der Waals surface area (Å²) < 4.78 is 5.47. The van der Waals surface area contributed by atoms with Crippen LogP contribution in [0.25, 0.3) is 0 Å². The van der Waals surface area contributed by atoms with Crippen LogP contribution in [0.2, 0.25) is 0 Å². The Balaban J connectivity index is 1.54. The number of hydrogen-bond donors (Lipinski definition) is 2. The number of ether oxygens (including phenoxy) is 1. The molecule has 2 aliphatic heterocycles. The van der Waals surface area contributed by atoms with Crippen LogP contribution >= 0.6 is 0 Å². The summed E-state index contributed by atoms with van der Waals surface area (Å²) >= 11 is 0. The van der Waals surface area contributed by atoms with Crippen molar-refractivity contribution in [3.63, 3.8) is 0 Å². The van der Waals surface area contributed by atoms with Crippen LogP contribution < -0.4 is 10.6 Å². The molecule has 2 heterocycles. The lowest BCUT2D eigenvalue weighted by Crippen LogP contribution is -2.41. The fourth-order valence-electron chi connectivity index (χ4n) is 3.29. The third-order valence-electron chi connectivity index (χ3n) is 4.76. The monoisotopic (exact) mass is 333 g/mol. The number of piperidine rings is 1. The van der Waals surface area contributed by atoms with Gasteiger partial charge in [-0.3, -0.25) is 14.6 Å². The van der Waals surface area contributed by atoms with Gasteiger partial charge in [0.05, 0.1) is 12.5 Å². The Bertz CT molecular complexity index is 596. The molecule has 3 rings (SSSR count). The molecule has 0 aromatic heterocycles. The highest BCUT2D eigenvalue weighted by Gasteiger charge is 2.34. The fraction of sp³-hybridized carbons (Fsp3) is 0.529. The third-order valence-corrected chi connectivity index (χ3v) is 4.76. The summed E-state index contributed by atoms with van der Waals surface area (Å²) in [6, 6.07) is 7.58. The van der Waals surface area contributed by atoms with Gasteiger partial charge in [0.15, 0.2) is 0 Å². The average molecular weight is 333 g/mol. The number of hydrogen-bond acceptors (Lipinski definition) is 5. The molecule has 24 heavy (non-hydrogen) atoms. The number of nitrogens with two attached hydrogens (primary N) is 1. The molecular formula is C17H23N3O4. The van der Waals surface area contributed by atoms with Gasteiger partial charge in [0, 0.05) is 18.8 Å². The molecular weight excluding hydrogens is 310 g/mol. The molecule has 0 radical (unpaired) electrons. The van der Waals surface area contributed by atoms with Crippen molar-refractivity contribution < 1.29 is 19.4 Å². The minimum atomic E-state index is -0.714. The van der Waals surface area contributed by atoms with Gasteiger partial charge < -0.3 is 15.6 Å². The predicted molar refractivity (Wildman–Crippen MR) is 88.7 cm³/mol. The lowest BCUT2D eigenvalue weighted by molar-refractivity contribution is -0.143. The molecule has 2 saturated heterocycles. The standard InChI is InChI=1S/C17H23N3O4/c18-9-12-1-3-14(4-2-12)20-11-15(24-17(20)23)10-19-7-5-13(6-8-19)16(21)22/h1-4,13,15H,5-11,18H2,(H,21,22)/t15-/m1/s1. The van der Waals surface area contributed by atoms with Gasteiger partial charge >= 0.3 is 12.1 Å². The summed E-state index contributed by atoms with van der Waals surface area (Å²) in [6.45, 7) is 3.10. The van der Waals surface area contributed by atoms with E-state index in [1.165, 1.54) is 0 Å². The van der Waals surface area contributed by atoms with Crippen molar-refractivity contribution in [2.75, 3.05) is 31.1 Å². The number of carbonyl (C=O) groups excluding carboxylic acids is 1. The number of benzene rings is 1. The van der Waals surface area contributed by atoms with Gasteiger partial charge in [-0.25, -0.2) is 4.79 Å². The summed E-state index contributed by atoms with van der Waals surface area (Å²) in [5, 5.41) is 9.04. The first-order valence-corrected chi connectivity index (χ1v) is 8.29. The zero-order valence-corrected chi connectivity index (χ0v) is 13.6. The second-order valence-corrected chi connectivity index (χ2v) is 6.40. The second kappa shape index (κ2) is 7.19.